The highest BCUT2D eigenvalue weighted by Gasteiger charge is 2.40. The number of aliphatic hydroxyl groups is 1. The van der Waals surface area contributed by atoms with Gasteiger partial charge in [0.15, 0.2) is 16.5 Å². The molecule has 0 aromatic carbocycles. The summed E-state index contributed by atoms with van der Waals surface area (Å²) in [5.41, 5.74) is 0.972. The fourth-order valence-corrected chi connectivity index (χ4v) is 4.99. The summed E-state index contributed by atoms with van der Waals surface area (Å²) < 4.78 is 26.4. The van der Waals surface area contributed by atoms with Crippen LogP contribution in [0.1, 0.15) is 48.9 Å². The molecular weight excluding hydrogens is 342 g/mol. The summed E-state index contributed by atoms with van der Waals surface area (Å²) in [6.07, 6.45) is 4.95. The summed E-state index contributed by atoms with van der Waals surface area (Å²) in [5, 5.41) is 13.3. The third-order valence-corrected chi connectivity index (χ3v) is 6.54. The van der Waals surface area contributed by atoms with Crippen molar-refractivity contribution in [2.75, 3.05) is 7.05 Å². The summed E-state index contributed by atoms with van der Waals surface area (Å²) in [6, 6.07) is 1.70. The zero-order chi connectivity index (χ0) is 18.4. The Bertz CT molecular complexity index is 855. The molecule has 25 heavy (non-hydrogen) atoms. The minimum Gasteiger partial charge on any atom is -0.505 e. The number of amides is 1. The van der Waals surface area contributed by atoms with Crippen LogP contribution in [0.25, 0.3) is 5.76 Å². The molecule has 2 N–H and O–H groups in total. The molecule has 0 saturated heterocycles. The minimum absolute atomic E-state index is 0.0105. The first kappa shape index (κ1) is 17.7. The smallest absolute Gasteiger partial charge is 0.282 e. The number of nitrogens with one attached hydrogen (secondary N) is 1. The van der Waals surface area contributed by atoms with E-state index in [1.54, 1.807) is 19.9 Å². The van der Waals surface area contributed by atoms with E-state index < -0.39 is 15.9 Å². The Kier molecular flexibility index (Phi) is 4.49. The molecular formula is C17H23N3O4S. The lowest BCUT2D eigenvalue weighted by Gasteiger charge is -2.30. The second-order valence-corrected chi connectivity index (χ2v) is 8.62. The Morgan fingerprint density at radius 3 is 2.56 bits per heavy atom. The number of sulfonamides is 1. The molecule has 1 aromatic rings. The standard InChI is InChI=1S/C17H23N3O4S/c1-10-9-11(2)18-17-13(10)15(21)14(20(3)25(17,23)24)16(22)19-12-7-5-4-6-8-12/h9,12,21H,4-8H2,1-3H3,(H,19,22). The molecule has 0 spiro atoms. The molecule has 1 aliphatic carbocycles. The Hall–Kier alpha value is -2.09. The predicted molar refractivity (Wildman–Crippen MR) is 93.2 cm³/mol. The molecule has 0 radical (unpaired) electrons. The Labute approximate surface area is 147 Å². The molecule has 1 aliphatic heterocycles. The third-order valence-electron chi connectivity index (χ3n) is 4.85. The highest BCUT2D eigenvalue weighted by Crippen LogP contribution is 2.35. The Morgan fingerprint density at radius 1 is 1.28 bits per heavy atom. The quantitative estimate of drug-likeness (QED) is 0.835. The van der Waals surface area contributed by atoms with Gasteiger partial charge in [-0.3, -0.25) is 9.10 Å². The number of pyridine rings is 1. The number of carbonyl (C=O) groups excluding carboxylic acids is 1. The summed E-state index contributed by atoms with van der Waals surface area (Å²) >= 11 is 0. The fraction of sp³-hybridized carbons (Fsp3) is 0.529. The number of rotatable bonds is 2. The van der Waals surface area contributed by atoms with Gasteiger partial charge in [-0.15, -0.1) is 0 Å². The first-order chi connectivity index (χ1) is 11.7. The van der Waals surface area contributed by atoms with Crippen LogP contribution in [0.15, 0.2) is 16.8 Å². The number of carbonyl (C=O) groups is 1. The van der Waals surface area contributed by atoms with Gasteiger partial charge in [-0.2, -0.15) is 8.42 Å². The van der Waals surface area contributed by atoms with Gasteiger partial charge in [-0.25, -0.2) is 4.98 Å². The highest BCUT2D eigenvalue weighted by atomic mass is 32.2. The monoisotopic (exact) mass is 365 g/mol. The van der Waals surface area contributed by atoms with Gasteiger partial charge in [-0.05, 0) is 38.3 Å². The maximum atomic E-state index is 12.8. The molecule has 0 bridgehead atoms. The highest BCUT2D eigenvalue weighted by molar-refractivity contribution is 7.89. The SMILES string of the molecule is Cc1cc(C)c2c(n1)S(=O)(=O)N(C)C(C(=O)NC1CCCCC1)=C2O. The Balaban J connectivity index is 2.07. The van der Waals surface area contributed by atoms with E-state index in [9.17, 15) is 18.3 Å². The first-order valence-electron chi connectivity index (χ1n) is 8.45. The molecule has 0 unspecified atom stereocenters. The summed E-state index contributed by atoms with van der Waals surface area (Å²) in [5.74, 6) is -0.910. The summed E-state index contributed by atoms with van der Waals surface area (Å²) in [4.78, 5) is 16.8. The molecule has 2 heterocycles. The maximum Gasteiger partial charge on any atom is 0.282 e. The van der Waals surface area contributed by atoms with Gasteiger partial charge in [0.25, 0.3) is 15.9 Å². The van der Waals surface area contributed by atoms with Gasteiger partial charge in [0, 0.05) is 18.8 Å². The number of aryl methyl sites for hydroxylation is 2. The summed E-state index contributed by atoms with van der Waals surface area (Å²) in [6.45, 7) is 3.39. The van der Waals surface area contributed by atoms with Crippen molar-refractivity contribution in [2.45, 2.75) is 57.0 Å². The average molecular weight is 365 g/mol. The van der Waals surface area contributed by atoms with Crippen LogP contribution in [0.2, 0.25) is 0 Å². The Morgan fingerprint density at radius 2 is 1.92 bits per heavy atom. The van der Waals surface area contributed by atoms with Crippen molar-refractivity contribution >= 4 is 21.7 Å². The van der Waals surface area contributed by atoms with Crippen LogP contribution in [-0.2, 0) is 14.8 Å². The fourth-order valence-electron chi connectivity index (χ4n) is 3.55. The molecule has 1 saturated carbocycles. The topological polar surface area (TPSA) is 99.6 Å². The molecule has 1 amide bonds. The second kappa shape index (κ2) is 6.33. The van der Waals surface area contributed by atoms with Crippen LogP contribution < -0.4 is 5.32 Å². The van der Waals surface area contributed by atoms with Crippen LogP contribution in [-0.4, -0.2) is 41.8 Å². The molecule has 7 nitrogen and oxygen atoms in total. The van der Waals surface area contributed by atoms with Gasteiger partial charge in [0.05, 0.1) is 5.56 Å². The van der Waals surface area contributed by atoms with Crippen molar-refractivity contribution in [1.82, 2.24) is 14.6 Å². The molecule has 1 fully saturated rings. The van der Waals surface area contributed by atoms with Crippen LogP contribution in [0.5, 0.6) is 0 Å². The van der Waals surface area contributed by atoms with E-state index in [0.717, 1.165) is 36.4 Å². The molecule has 3 rings (SSSR count). The third kappa shape index (κ3) is 2.99. The lowest BCUT2D eigenvalue weighted by molar-refractivity contribution is -0.119. The maximum absolute atomic E-state index is 12.8. The number of nitrogens with zero attached hydrogens (tertiary/aromatic N) is 2. The van der Waals surface area contributed by atoms with Gasteiger partial charge < -0.3 is 10.4 Å². The second-order valence-electron chi connectivity index (χ2n) is 6.74. The van der Waals surface area contributed by atoms with Gasteiger partial charge >= 0.3 is 0 Å². The van der Waals surface area contributed by atoms with Crippen LogP contribution in [0.4, 0.5) is 0 Å². The number of aromatic nitrogens is 1. The van der Waals surface area contributed by atoms with Gasteiger partial charge in [0.1, 0.15) is 0 Å². The zero-order valence-electron chi connectivity index (χ0n) is 14.7. The van der Waals surface area contributed by atoms with E-state index in [-0.39, 0.29) is 28.1 Å². The molecule has 2 aliphatic rings. The number of fused-ring (bicyclic) bond motifs is 1. The average Bonchev–Trinajstić information content (AvgIpc) is 2.53. The lowest BCUT2D eigenvalue weighted by atomic mass is 9.95. The van der Waals surface area contributed by atoms with Crippen LogP contribution >= 0.6 is 0 Å². The van der Waals surface area contributed by atoms with E-state index in [4.69, 9.17) is 0 Å². The van der Waals surface area contributed by atoms with Gasteiger partial charge in [-0.1, -0.05) is 19.3 Å². The largest absolute Gasteiger partial charge is 0.505 e. The van der Waals surface area contributed by atoms with E-state index >= 15 is 0 Å². The molecule has 136 valence electrons. The first-order valence-corrected chi connectivity index (χ1v) is 9.89. The van der Waals surface area contributed by atoms with Crippen LogP contribution in [0.3, 0.4) is 0 Å². The van der Waals surface area contributed by atoms with Crippen molar-refractivity contribution in [3.8, 4) is 0 Å². The van der Waals surface area contributed by atoms with Crippen molar-refractivity contribution in [3.05, 3.63) is 28.6 Å². The van der Waals surface area contributed by atoms with Crippen molar-refractivity contribution in [1.29, 1.82) is 0 Å². The van der Waals surface area contributed by atoms with E-state index in [0.29, 0.717) is 11.3 Å². The van der Waals surface area contributed by atoms with Gasteiger partial charge in [0.2, 0.25) is 0 Å². The molecule has 0 atom stereocenters. The van der Waals surface area contributed by atoms with E-state index in [2.05, 4.69) is 10.3 Å². The van der Waals surface area contributed by atoms with Crippen molar-refractivity contribution in [3.63, 3.8) is 0 Å². The summed E-state index contributed by atoms with van der Waals surface area (Å²) in [7, 11) is -2.72. The van der Waals surface area contributed by atoms with E-state index in [1.807, 2.05) is 0 Å². The molecule has 8 heteroatoms. The van der Waals surface area contributed by atoms with Crippen molar-refractivity contribution in [2.24, 2.45) is 0 Å². The predicted octanol–water partition coefficient (Wildman–Crippen LogP) is 2.01. The van der Waals surface area contributed by atoms with Crippen LogP contribution in [0, 0.1) is 13.8 Å². The number of likely N-dealkylation sites (N-methyl/N-ethyl adjacent to an activating group) is 1. The lowest BCUT2D eigenvalue weighted by Crippen LogP contribution is -2.44. The number of hydrogen-bond acceptors (Lipinski definition) is 5. The number of aliphatic hydroxyl groups excluding tert-OH is 1. The molecule has 1 aromatic heterocycles. The minimum atomic E-state index is -3.99. The number of hydrogen-bond donors (Lipinski definition) is 2. The zero-order valence-corrected chi connectivity index (χ0v) is 15.5. The normalized spacial score (nSPS) is 20.4. The van der Waals surface area contributed by atoms with Crippen molar-refractivity contribution < 1.29 is 18.3 Å². The van der Waals surface area contributed by atoms with E-state index in [1.165, 1.54) is 7.05 Å².